The summed E-state index contributed by atoms with van der Waals surface area (Å²) >= 11 is 0. The molecular weight excluding hydrogens is 749 g/mol. The van der Waals surface area contributed by atoms with Gasteiger partial charge < -0.3 is 30.6 Å². The molecule has 2 heterocycles. The molecule has 320 valence electrons. The third kappa shape index (κ3) is 9.21. The van der Waals surface area contributed by atoms with Crippen molar-refractivity contribution in [1.82, 2.24) is 9.35 Å². The van der Waals surface area contributed by atoms with E-state index >= 15 is 0 Å². The van der Waals surface area contributed by atoms with E-state index in [-0.39, 0.29) is 70.1 Å². The summed E-state index contributed by atoms with van der Waals surface area (Å²) in [6.45, 7) is 26.1. The first-order chi connectivity index (χ1) is 27.0. The van der Waals surface area contributed by atoms with E-state index in [1.807, 2.05) is 107 Å². The first-order valence-electron chi connectivity index (χ1n) is 20.3. The predicted octanol–water partition coefficient (Wildman–Crippen LogP) is 8.86. The first-order valence-corrected chi connectivity index (χ1v) is 20.3. The quantitative estimate of drug-likeness (QED) is 0.0823. The number of nitrogens with zero attached hydrogens (tertiary/aromatic N) is 2. The van der Waals surface area contributed by atoms with Crippen LogP contribution in [0, 0.1) is 0 Å². The van der Waals surface area contributed by atoms with Gasteiger partial charge in [0, 0.05) is 41.5 Å². The van der Waals surface area contributed by atoms with Crippen LogP contribution >= 0.6 is 0 Å². The molecule has 2 aromatic heterocycles. The van der Waals surface area contributed by atoms with E-state index < -0.39 is 23.6 Å². The monoisotopic (exact) mass is 812 g/mol. The molecule has 2 amide bonds. The predicted molar refractivity (Wildman–Crippen MR) is 232 cm³/mol. The summed E-state index contributed by atoms with van der Waals surface area (Å²) < 4.78 is 1.87. The van der Waals surface area contributed by atoms with E-state index in [2.05, 4.69) is 10.9 Å². The summed E-state index contributed by atoms with van der Waals surface area (Å²) in [5.74, 6) is -2.47. The Kier molecular flexibility index (Phi) is 11.8. The van der Waals surface area contributed by atoms with Crippen molar-refractivity contribution in [3.05, 3.63) is 86.0 Å². The number of hydrogen-bond acceptors (Lipinski definition) is 8. The van der Waals surface area contributed by atoms with Crippen molar-refractivity contribution >= 4 is 17.9 Å². The summed E-state index contributed by atoms with van der Waals surface area (Å²) in [6.07, 6.45) is 2.54. The summed E-state index contributed by atoms with van der Waals surface area (Å²) in [5.41, 5.74) is 10.4. The number of aryl methyl sites for hydroxylation is 2. The highest BCUT2D eigenvalue weighted by atomic mass is 16.3. The molecule has 59 heavy (non-hydrogen) atoms. The van der Waals surface area contributed by atoms with Gasteiger partial charge in [0.2, 0.25) is 35.3 Å². The summed E-state index contributed by atoms with van der Waals surface area (Å²) in [4.78, 5) is 26.5. The molecule has 0 fully saturated rings. The van der Waals surface area contributed by atoms with Gasteiger partial charge in [0.05, 0.1) is 0 Å². The van der Waals surface area contributed by atoms with Crippen LogP contribution in [0.5, 0.6) is 35.0 Å². The molecule has 0 bridgehead atoms. The first kappa shape index (κ1) is 44.6. The Morgan fingerprint density at radius 3 is 1.37 bits per heavy atom. The third-order valence-corrected chi connectivity index (χ3v) is 11.3. The van der Waals surface area contributed by atoms with E-state index in [1.54, 1.807) is 13.0 Å². The number of hydrogen-bond donors (Lipinski definition) is 8. The Labute approximate surface area is 348 Å². The van der Waals surface area contributed by atoms with Crippen molar-refractivity contribution in [2.45, 2.75) is 150 Å². The Hall–Kier alpha value is -5.52. The number of rotatable bonds is 9. The smallest absolute Gasteiger partial charge is 0.239 e. The minimum Gasteiger partial charge on any atom is -0.507 e. The fourth-order valence-electron chi connectivity index (χ4n) is 7.83. The number of carbonyl (C=O) groups excluding carboxylic acids is 2. The standard InChI is InChI=1S/C47H64N4O8/c1-25-18-29-30(43(59)51(42(29)58)49-37(53)17-15-27-21-34(46(8,9)10)40(56)35(22-27)47(11,12)13)23-28(25)31-24-38(54)50(41(31)57)48-36(52)16-14-26-19-32(44(2,3)4)39(55)33(20-26)45(5,6)7/h18-22,24,28,54-59H,14-17,23H2,1-13H3,(H,48,52)(H,49,53). The Bertz CT molecular complexity index is 2250. The molecule has 0 aliphatic heterocycles. The number of aromatic nitrogens is 2. The lowest BCUT2D eigenvalue weighted by atomic mass is 9.78. The minimum absolute atomic E-state index is 0.0350. The normalized spacial score (nSPS) is 14.9. The second kappa shape index (κ2) is 15.6. The molecule has 4 aromatic rings. The van der Waals surface area contributed by atoms with E-state index in [0.717, 1.165) is 42.7 Å². The summed E-state index contributed by atoms with van der Waals surface area (Å²) in [6, 6.07) is 9.03. The fourth-order valence-corrected chi connectivity index (χ4v) is 7.83. The van der Waals surface area contributed by atoms with Crippen LogP contribution in [0.2, 0.25) is 0 Å². The number of benzene rings is 2. The van der Waals surface area contributed by atoms with Crippen LogP contribution in [0.4, 0.5) is 0 Å². The lowest BCUT2D eigenvalue weighted by Gasteiger charge is -2.28. The molecule has 0 saturated carbocycles. The number of phenolic OH excluding ortho intramolecular Hbond substituents is 2. The molecule has 8 N–H and O–H groups in total. The molecule has 1 atom stereocenters. The summed E-state index contributed by atoms with van der Waals surface area (Å²) in [7, 11) is 0. The van der Waals surface area contributed by atoms with Gasteiger partial charge in [-0.1, -0.05) is 113 Å². The topological polar surface area (TPSA) is 189 Å². The highest BCUT2D eigenvalue weighted by Gasteiger charge is 2.34. The van der Waals surface area contributed by atoms with Crippen LogP contribution in [-0.4, -0.2) is 51.8 Å². The average Bonchev–Trinajstić information content (AvgIpc) is 3.50. The van der Waals surface area contributed by atoms with Gasteiger partial charge in [0.25, 0.3) is 0 Å². The van der Waals surface area contributed by atoms with E-state index in [0.29, 0.717) is 35.1 Å². The Balaban J connectivity index is 1.30. The van der Waals surface area contributed by atoms with E-state index in [1.165, 1.54) is 6.07 Å². The highest BCUT2D eigenvalue weighted by molar-refractivity contribution is 5.86. The molecule has 1 aliphatic rings. The van der Waals surface area contributed by atoms with E-state index in [4.69, 9.17) is 0 Å². The molecular formula is C47H64N4O8. The van der Waals surface area contributed by atoms with Gasteiger partial charge >= 0.3 is 0 Å². The van der Waals surface area contributed by atoms with Crippen molar-refractivity contribution in [2.24, 2.45) is 0 Å². The molecule has 5 rings (SSSR count). The van der Waals surface area contributed by atoms with Crippen molar-refractivity contribution in [2.75, 3.05) is 10.9 Å². The maximum atomic E-state index is 13.3. The number of nitrogens with one attached hydrogen (secondary N) is 2. The number of aromatic hydroxyl groups is 6. The van der Waals surface area contributed by atoms with Crippen LogP contribution in [-0.2, 0) is 50.5 Å². The molecule has 12 heteroatoms. The molecule has 0 saturated heterocycles. The van der Waals surface area contributed by atoms with Crippen molar-refractivity contribution in [1.29, 1.82) is 0 Å². The van der Waals surface area contributed by atoms with Gasteiger partial charge in [-0.15, -0.1) is 0 Å². The van der Waals surface area contributed by atoms with Gasteiger partial charge in [0.1, 0.15) is 11.5 Å². The zero-order valence-electron chi connectivity index (χ0n) is 37.0. The SMILES string of the molecule is CC1=Cc2c(c(O)n(NC(=O)CCc3cc(C(C)(C)C)c(O)c(C(C)(C)C)c3)c2O)CC1c1cc(O)n(NC(=O)CCc2cc(C(C)(C)C)c(O)c(C(C)(C)C)c2)c1O. The van der Waals surface area contributed by atoms with Crippen LogP contribution in [0.1, 0.15) is 159 Å². The third-order valence-electron chi connectivity index (χ3n) is 11.3. The zero-order valence-corrected chi connectivity index (χ0v) is 37.0. The van der Waals surface area contributed by atoms with Crippen molar-refractivity contribution in [3.63, 3.8) is 0 Å². The van der Waals surface area contributed by atoms with Gasteiger partial charge in [-0.25, -0.2) is 0 Å². The fraction of sp³-hybridized carbons (Fsp3) is 0.489. The van der Waals surface area contributed by atoms with Crippen LogP contribution in [0.15, 0.2) is 35.9 Å². The van der Waals surface area contributed by atoms with Gasteiger partial charge in [-0.3, -0.25) is 20.4 Å². The lowest BCUT2D eigenvalue weighted by Crippen LogP contribution is -2.23. The number of fused-ring (bicyclic) bond motifs is 1. The lowest BCUT2D eigenvalue weighted by molar-refractivity contribution is -0.118. The molecule has 1 unspecified atom stereocenters. The van der Waals surface area contributed by atoms with Crippen molar-refractivity contribution in [3.8, 4) is 35.0 Å². The van der Waals surface area contributed by atoms with Gasteiger partial charge in [-0.05, 0) is 87.3 Å². The highest BCUT2D eigenvalue weighted by Crippen LogP contribution is 2.47. The molecule has 2 aromatic carbocycles. The molecule has 0 spiro atoms. The average molecular weight is 813 g/mol. The number of amides is 2. The molecule has 1 aliphatic carbocycles. The summed E-state index contributed by atoms with van der Waals surface area (Å²) in [5, 5.41) is 66.9. The second-order valence-electron chi connectivity index (χ2n) is 20.3. The van der Waals surface area contributed by atoms with Gasteiger partial charge in [0.15, 0.2) is 0 Å². The minimum atomic E-state index is -0.560. The maximum absolute atomic E-state index is 13.3. The number of allylic oxidation sites excluding steroid dienone is 1. The Morgan fingerprint density at radius 2 is 0.983 bits per heavy atom. The van der Waals surface area contributed by atoms with Crippen molar-refractivity contribution < 1.29 is 40.2 Å². The second-order valence-corrected chi connectivity index (χ2v) is 20.3. The van der Waals surface area contributed by atoms with Crippen LogP contribution < -0.4 is 10.9 Å². The maximum Gasteiger partial charge on any atom is 0.239 e. The van der Waals surface area contributed by atoms with Gasteiger partial charge in [-0.2, -0.15) is 9.35 Å². The molecule has 12 nitrogen and oxygen atoms in total. The van der Waals surface area contributed by atoms with E-state index in [9.17, 15) is 40.2 Å². The molecule has 0 radical (unpaired) electrons. The zero-order chi connectivity index (χ0) is 44.3. The number of carbonyl (C=O) groups is 2. The van der Waals surface area contributed by atoms with Crippen LogP contribution in [0.3, 0.4) is 0 Å². The van der Waals surface area contributed by atoms with Crippen LogP contribution in [0.25, 0.3) is 6.08 Å². The Morgan fingerprint density at radius 1 is 0.593 bits per heavy atom. The number of phenols is 2. The largest absolute Gasteiger partial charge is 0.507 e.